The van der Waals surface area contributed by atoms with Gasteiger partial charge in [-0.1, -0.05) is 0 Å². The van der Waals surface area contributed by atoms with Crippen molar-refractivity contribution in [3.05, 3.63) is 34.5 Å². The van der Waals surface area contributed by atoms with Crippen LogP contribution in [0.5, 0.6) is 0 Å². The number of carboxylic acid groups (broad SMARTS) is 1. The van der Waals surface area contributed by atoms with Crippen molar-refractivity contribution in [1.82, 2.24) is 14.8 Å². The van der Waals surface area contributed by atoms with E-state index in [1.54, 1.807) is 6.07 Å². The summed E-state index contributed by atoms with van der Waals surface area (Å²) in [7, 11) is 2.07. The Bertz CT molecular complexity index is 743. The van der Waals surface area contributed by atoms with E-state index in [0.717, 1.165) is 55.6 Å². The predicted octanol–water partition coefficient (Wildman–Crippen LogP) is 1.94. The number of hydrogen-bond donors (Lipinski definition) is 2. The van der Waals surface area contributed by atoms with Crippen LogP contribution in [0.2, 0.25) is 0 Å². The van der Waals surface area contributed by atoms with Crippen LogP contribution in [0.25, 0.3) is 10.9 Å². The van der Waals surface area contributed by atoms with Crippen molar-refractivity contribution in [2.45, 2.75) is 20.3 Å². The van der Waals surface area contributed by atoms with Gasteiger partial charge >= 0.3 is 5.97 Å². The van der Waals surface area contributed by atoms with E-state index < -0.39 is 5.97 Å². The molecule has 0 bridgehead atoms. The molecule has 0 amide bonds. The Kier molecular flexibility index (Phi) is 4.41. The largest absolute Gasteiger partial charge is 0.478 e. The second kappa shape index (κ2) is 6.34. The lowest BCUT2D eigenvalue weighted by Crippen LogP contribution is -2.44. The Morgan fingerprint density at radius 3 is 2.61 bits per heavy atom. The molecule has 0 atom stereocenters. The summed E-state index contributed by atoms with van der Waals surface area (Å²) in [5, 5.41) is 13.8. The summed E-state index contributed by atoms with van der Waals surface area (Å²) < 4.78 is 2.20. The van der Waals surface area contributed by atoms with Crippen molar-refractivity contribution >= 4 is 16.9 Å². The van der Waals surface area contributed by atoms with Gasteiger partial charge < -0.3 is 19.9 Å². The summed E-state index contributed by atoms with van der Waals surface area (Å²) in [6.45, 7) is 9.43. The molecule has 0 spiro atoms. The number of hydrogen-bond acceptors (Lipinski definition) is 3. The molecule has 1 aromatic carbocycles. The number of piperazine rings is 1. The van der Waals surface area contributed by atoms with E-state index in [1.165, 1.54) is 11.3 Å². The Hall–Kier alpha value is -1.85. The van der Waals surface area contributed by atoms with Crippen LogP contribution in [0.3, 0.4) is 0 Å². The molecule has 0 radical (unpaired) electrons. The molecule has 1 fully saturated rings. The molecule has 1 saturated heterocycles. The first-order valence-electron chi connectivity index (χ1n) is 8.24. The fourth-order valence-electron chi connectivity index (χ4n) is 3.66. The first-order chi connectivity index (χ1) is 11.0. The minimum absolute atomic E-state index is 0.379. The second-order valence-corrected chi connectivity index (χ2v) is 6.46. The maximum absolute atomic E-state index is 11.4. The van der Waals surface area contributed by atoms with E-state index in [1.807, 2.05) is 13.0 Å². The summed E-state index contributed by atoms with van der Waals surface area (Å²) in [5.74, 6) is -0.857. The number of aromatic nitrogens is 1. The van der Waals surface area contributed by atoms with Gasteiger partial charge in [-0.25, -0.2) is 4.79 Å². The second-order valence-electron chi connectivity index (χ2n) is 6.46. The van der Waals surface area contributed by atoms with Crippen molar-refractivity contribution in [3.8, 4) is 0 Å². The number of aryl methyl sites for hydroxylation is 2. The van der Waals surface area contributed by atoms with Crippen molar-refractivity contribution in [2.24, 2.45) is 7.05 Å². The van der Waals surface area contributed by atoms with Crippen LogP contribution in [0, 0.1) is 13.8 Å². The number of aromatic carboxylic acids is 1. The van der Waals surface area contributed by atoms with E-state index >= 15 is 0 Å². The fraction of sp³-hybridized carbons (Fsp3) is 0.500. The van der Waals surface area contributed by atoms with Crippen LogP contribution in [0.1, 0.15) is 27.2 Å². The molecule has 124 valence electrons. The maximum Gasteiger partial charge on any atom is 0.335 e. The minimum Gasteiger partial charge on any atom is -0.478 e. The van der Waals surface area contributed by atoms with Crippen molar-refractivity contribution in [1.29, 1.82) is 0 Å². The highest BCUT2D eigenvalue weighted by Crippen LogP contribution is 2.29. The predicted molar refractivity (Wildman–Crippen MR) is 92.4 cm³/mol. The summed E-state index contributed by atoms with van der Waals surface area (Å²) in [5.41, 5.74) is 5.08. The van der Waals surface area contributed by atoms with Gasteiger partial charge in [-0.15, -0.1) is 0 Å². The highest BCUT2D eigenvalue weighted by molar-refractivity contribution is 5.97. The van der Waals surface area contributed by atoms with E-state index in [-0.39, 0.29) is 0 Å². The Balaban J connectivity index is 1.97. The zero-order valence-corrected chi connectivity index (χ0v) is 14.1. The first kappa shape index (κ1) is 16.0. The molecule has 3 rings (SSSR count). The van der Waals surface area contributed by atoms with Gasteiger partial charge in [0.05, 0.1) is 11.1 Å². The summed E-state index contributed by atoms with van der Waals surface area (Å²) in [6.07, 6.45) is 0.964. The molecule has 2 heterocycles. The number of fused-ring (bicyclic) bond motifs is 1. The van der Waals surface area contributed by atoms with Crippen molar-refractivity contribution in [3.63, 3.8) is 0 Å². The van der Waals surface area contributed by atoms with Gasteiger partial charge in [0.2, 0.25) is 0 Å². The van der Waals surface area contributed by atoms with E-state index in [2.05, 4.69) is 28.8 Å². The number of nitrogens with one attached hydrogen (secondary N) is 1. The van der Waals surface area contributed by atoms with Crippen LogP contribution >= 0.6 is 0 Å². The quantitative estimate of drug-likeness (QED) is 0.905. The Morgan fingerprint density at radius 1 is 1.26 bits per heavy atom. The molecular formula is C18H25N3O2. The lowest BCUT2D eigenvalue weighted by Gasteiger charge is -2.27. The average Bonchev–Trinajstić information content (AvgIpc) is 2.78. The molecule has 5 heteroatoms. The number of rotatable bonds is 4. The zero-order valence-electron chi connectivity index (χ0n) is 14.1. The Labute approximate surface area is 136 Å². The van der Waals surface area contributed by atoms with Crippen molar-refractivity contribution in [2.75, 3.05) is 32.7 Å². The van der Waals surface area contributed by atoms with Gasteiger partial charge in [0.15, 0.2) is 0 Å². The standard InChI is InChI=1S/C18H25N3O2/c1-12-10-14(18(22)23)11-16-15(13(2)20(3)17(12)16)4-7-21-8-5-19-6-9-21/h10-11,19H,4-9H2,1-3H3,(H,22,23). The highest BCUT2D eigenvalue weighted by atomic mass is 16.4. The van der Waals surface area contributed by atoms with Gasteiger partial charge in [-0.2, -0.15) is 0 Å². The van der Waals surface area contributed by atoms with Gasteiger partial charge in [-0.3, -0.25) is 0 Å². The third kappa shape index (κ3) is 2.99. The van der Waals surface area contributed by atoms with Crippen molar-refractivity contribution < 1.29 is 9.90 Å². The molecule has 0 aliphatic carbocycles. The molecule has 1 aromatic heterocycles. The highest BCUT2D eigenvalue weighted by Gasteiger charge is 2.18. The monoisotopic (exact) mass is 315 g/mol. The van der Waals surface area contributed by atoms with Gasteiger partial charge in [0, 0.05) is 50.9 Å². The van der Waals surface area contributed by atoms with Gasteiger partial charge in [0.25, 0.3) is 0 Å². The maximum atomic E-state index is 11.4. The zero-order chi connectivity index (χ0) is 16.6. The first-order valence-corrected chi connectivity index (χ1v) is 8.24. The average molecular weight is 315 g/mol. The Morgan fingerprint density at radius 2 is 1.96 bits per heavy atom. The normalized spacial score (nSPS) is 16.1. The lowest BCUT2D eigenvalue weighted by atomic mass is 10.0. The van der Waals surface area contributed by atoms with Crippen LogP contribution in [-0.2, 0) is 13.5 Å². The molecule has 23 heavy (non-hydrogen) atoms. The summed E-state index contributed by atoms with van der Waals surface area (Å²) in [4.78, 5) is 13.9. The van der Waals surface area contributed by atoms with E-state index in [9.17, 15) is 9.90 Å². The van der Waals surface area contributed by atoms with Crippen LogP contribution in [-0.4, -0.2) is 53.3 Å². The minimum atomic E-state index is -0.857. The topological polar surface area (TPSA) is 57.5 Å². The van der Waals surface area contributed by atoms with Crippen LogP contribution in [0.15, 0.2) is 12.1 Å². The lowest BCUT2D eigenvalue weighted by molar-refractivity contribution is 0.0697. The molecule has 2 N–H and O–H groups in total. The molecule has 1 aliphatic heterocycles. The fourth-order valence-corrected chi connectivity index (χ4v) is 3.66. The smallest absolute Gasteiger partial charge is 0.335 e. The van der Waals surface area contributed by atoms with Gasteiger partial charge in [0.1, 0.15) is 0 Å². The molecule has 1 aliphatic rings. The molecule has 0 unspecified atom stereocenters. The number of nitrogens with zero attached hydrogens (tertiary/aromatic N) is 2. The molecule has 0 saturated carbocycles. The van der Waals surface area contributed by atoms with E-state index in [4.69, 9.17) is 0 Å². The van der Waals surface area contributed by atoms with Crippen LogP contribution in [0.4, 0.5) is 0 Å². The SMILES string of the molecule is Cc1cc(C(=O)O)cc2c(CCN3CCNCC3)c(C)n(C)c12. The van der Waals surface area contributed by atoms with E-state index in [0.29, 0.717) is 5.56 Å². The molecule has 2 aromatic rings. The van der Waals surface area contributed by atoms with Gasteiger partial charge in [-0.05, 0) is 43.5 Å². The third-order valence-corrected chi connectivity index (χ3v) is 5.04. The molecular weight excluding hydrogens is 290 g/mol. The van der Waals surface area contributed by atoms with Crippen LogP contribution < -0.4 is 5.32 Å². The number of carboxylic acids is 1. The molecule has 5 nitrogen and oxygen atoms in total. The number of carbonyl (C=O) groups is 1. The summed E-state index contributed by atoms with van der Waals surface area (Å²) >= 11 is 0. The summed E-state index contributed by atoms with van der Waals surface area (Å²) in [6, 6.07) is 3.61. The number of benzene rings is 1. The third-order valence-electron chi connectivity index (χ3n) is 5.04.